The van der Waals surface area contributed by atoms with Crippen LogP contribution in [-0.2, 0) is 6.54 Å². The van der Waals surface area contributed by atoms with Crippen LogP contribution in [0.1, 0.15) is 79.9 Å². The second-order valence-corrected chi connectivity index (χ2v) is 10.8. The van der Waals surface area contributed by atoms with E-state index in [-0.39, 0.29) is 5.82 Å². The highest BCUT2D eigenvalue weighted by Crippen LogP contribution is 2.46. The molecule has 4 aromatic rings. The highest BCUT2D eigenvalue weighted by molar-refractivity contribution is 5.72. The number of fused-ring (bicyclic) bond motifs is 3. The van der Waals surface area contributed by atoms with E-state index in [9.17, 15) is 4.39 Å². The molecule has 0 unspecified atom stereocenters. The third-order valence-electron chi connectivity index (χ3n) is 8.65. The molecule has 2 aliphatic carbocycles. The maximum atomic E-state index is 14.0. The number of imidazole rings is 1. The maximum Gasteiger partial charge on any atom is 0.294 e. The molecule has 2 saturated carbocycles. The molecular formula is C32H32FN2+. The highest BCUT2D eigenvalue weighted by Gasteiger charge is 2.36. The average molecular weight is 464 g/mol. The zero-order valence-corrected chi connectivity index (χ0v) is 20.2. The predicted molar refractivity (Wildman–Crippen MR) is 138 cm³/mol. The number of nitrogens with zero attached hydrogens (tertiary/aromatic N) is 2. The molecule has 2 nitrogen and oxygen atoms in total. The van der Waals surface area contributed by atoms with Crippen molar-refractivity contribution in [2.45, 2.75) is 69.7 Å². The summed E-state index contributed by atoms with van der Waals surface area (Å²) in [7, 11) is 0. The van der Waals surface area contributed by atoms with Crippen molar-refractivity contribution in [1.29, 1.82) is 0 Å². The van der Waals surface area contributed by atoms with E-state index in [0.717, 1.165) is 12.1 Å². The van der Waals surface area contributed by atoms with Crippen molar-refractivity contribution in [3.05, 3.63) is 95.6 Å². The fraction of sp³-hybridized carbons (Fsp3) is 0.344. The van der Waals surface area contributed by atoms with Gasteiger partial charge in [0.2, 0.25) is 0 Å². The van der Waals surface area contributed by atoms with E-state index in [1.165, 1.54) is 90.7 Å². The van der Waals surface area contributed by atoms with Crippen LogP contribution in [0.15, 0.2) is 73.1 Å². The van der Waals surface area contributed by atoms with Crippen molar-refractivity contribution in [2.24, 2.45) is 0 Å². The van der Waals surface area contributed by atoms with Crippen LogP contribution in [0.25, 0.3) is 28.2 Å². The normalized spacial score (nSPS) is 17.7. The van der Waals surface area contributed by atoms with E-state index in [4.69, 9.17) is 0 Å². The van der Waals surface area contributed by atoms with Crippen LogP contribution in [0.2, 0.25) is 0 Å². The molecule has 0 radical (unpaired) electrons. The highest BCUT2D eigenvalue weighted by atomic mass is 19.1. The van der Waals surface area contributed by atoms with E-state index in [1.54, 1.807) is 12.1 Å². The molecule has 0 bridgehead atoms. The third-order valence-corrected chi connectivity index (χ3v) is 8.65. The van der Waals surface area contributed by atoms with Gasteiger partial charge in [-0.3, -0.25) is 0 Å². The summed E-state index contributed by atoms with van der Waals surface area (Å²) in [5.41, 5.74) is 9.36. The lowest BCUT2D eigenvalue weighted by molar-refractivity contribution is -0.671. The van der Waals surface area contributed by atoms with Crippen LogP contribution >= 0.6 is 0 Å². The van der Waals surface area contributed by atoms with Crippen LogP contribution in [0.5, 0.6) is 0 Å². The average Bonchev–Trinajstić information content (AvgIpc) is 3.69. The Labute approximate surface area is 207 Å². The minimum absolute atomic E-state index is 0.147. The first-order valence-corrected chi connectivity index (χ1v) is 13.4. The molecule has 2 fully saturated rings. The fourth-order valence-electron chi connectivity index (χ4n) is 6.97. The molecule has 7 rings (SSSR count). The summed E-state index contributed by atoms with van der Waals surface area (Å²) in [6.07, 6.45) is 14.8. The molecule has 1 aliphatic heterocycles. The maximum absolute atomic E-state index is 14.0. The third kappa shape index (κ3) is 3.55. The quantitative estimate of drug-likeness (QED) is 0.239. The van der Waals surface area contributed by atoms with E-state index in [0.29, 0.717) is 11.8 Å². The van der Waals surface area contributed by atoms with Crippen molar-refractivity contribution in [3.63, 3.8) is 0 Å². The van der Waals surface area contributed by atoms with Gasteiger partial charge in [0.05, 0.1) is 5.56 Å². The van der Waals surface area contributed by atoms with Gasteiger partial charge in [-0.1, -0.05) is 56.0 Å². The summed E-state index contributed by atoms with van der Waals surface area (Å²) in [6, 6.07) is 21.2. The number of rotatable bonds is 4. The SMILES string of the molecule is Fc1ccc2c(c1)C[n+]1ccn(-c3c(C4CCCC4)cc(-c4ccccc4)cc3C3CCCC3)c1-2. The van der Waals surface area contributed by atoms with Crippen molar-refractivity contribution in [2.75, 3.05) is 0 Å². The molecule has 1 aromatic heterocycles. The molecule has 3 aliphatic rings. The van der Waals surface area contributed by atoms with Crippen molar-refractivity contribution < 1.29 is 8.96 Å². The zero-order chi connectivity index (χ0) is 23.4. The van der Waals surface area contributed by atoms with Crippen molar-refractivity contribution in [3.8, 4) is 28.2 Å². The Kier molecular flexibility index (Phi) is 5.11. The van der Waals surface area contributed by atoms with Crippen LogP contribution in [0, 0.1) is 5.82 Å². The number of benzene rings is 3. The Bertz CT molecular complexity index is 1350. The van der Waals surface area contributed by atoms with Gasteiger partial charge in [-0.15, -0.1) is 0 Å². The summed E-state index contributed by atoms with van der Waals surface area (Å²) < 4.78 is 18.8. The lowest BCUT2D eigenvalue weighted by atomic mass is 9.84. The van der Waals surface area contributed by atoms with Crippen molar-refractivity contribution in [1.82, 2.24) is 4.57 Å². The molecule has 176 valence electrons. The van der Waals surface area contributed by atoms with E-state index >= 15 is 0 Å². The summed E-state index contributed by atoms with van der Waals surface area (Å²) >= 11 is 0. The molecular weight excluding hydrogens is 431 g/mol. The van der Waals surface area contributed by atoms with Gasteiger partial charge >= 0.3 is 0 Å². The number of aromatic nitrogens is 2. The van der Waals surface area contributed by atoms with Gasteiger partial charge in [0.15, 0.2) is 0 Å². The van der Waals surface area contributed by atoms with E-state index in [2.05, 4.69) is 64.0 Å². The first-order chi connectivity index (χ1) is 17.3. The number of halogens is 1. The van der Waals surface area contributed by atoms with Gasteiger partial charge in [-0.2, -0.15) is 4.57 Å². The van der Waals surface area contributed by atoms with Gasteiger partial charge in [0, 0.05) is 16.7 Å². The molecule has 35 heavy (non-hydrogen) atoms. The number of hydrogen-bond donors (Lipinski definition) is 0. The molecule has 0 amide bonds. The summed E-state index contributed by atoms with van der Waals surface area (Å²) in [5, 5.41) is 0. The molecule has 0 N–H and O–H groups in total. The smallest absolute Gasteiger partial charge is 0.225 e. The van der Waals surface area contributed by atoms with Gasteiger partial charge in [-0.25, -0.2) is 8.96 Å². The summed E-state index contributed by atoms with van der Waals surface area (Å²) in [5.74, 6) is 2.26. The van der Waals surface area contributed by atoms with Crippen LogP contribution < -0.4 is 4.57 Å². The Morgan fingerprint density at radius 2 is 1.40 bits per heavy atom. The summed E-state index contributed by atoms with van der Waals surface area (Å²) in [6.45, 7) is 0.745. The van der Waals surface area contributed by atoms with Gasteiger partial charge in [0.25, 0.3) is 5.82 Å². The minimum Gasteiger partial charge on any atom is -0.225 e. The van der Waals surface area contributed by atoms with Gasteiger partial charge < -0.3 is 0 Å². The van der Waals surface area contributed by atoms with E-state index in [1.807, 2.05) is 6.07 Å². The van der Waals surface area contributed by atoms with Crippen LogP contribution in [0.4, 0.5) is 4.39 Å². The summed E-state index contributed by atoms with van der Waals surface area (Å²) in [4.78, 5) is 0. The molecule has 0 atom stereocenters. The second kappa shape index (κ2) is 8.48. The van der Waals surface area contributed by atoms with Gasteiger partial charge in [-0.05, 0) is 79.0 Å². The molecule has 3 aromatic carbocycles. The van der Waals surface area contributed by atoms with E-state index < -0.39 is 0 Å². The topological polar surface area (TPSA) is 8.81 Å². The Hall–Kier alpha value is -3.20. The van der Waals surface area contributed by atoms with Crippen LogP contribution in [-0.4, -0.2) is 4.57 Å². The Morgan fingerprint density at radius 3 is 2.06 bits per heavy atom. The number of hydrogen-bond acceptors (Lipinski definition) is 0. The zero-order valence-electron chi connectivity index (χ0n) is 20.2. The molecule has 3 heteroatoms. The first kappa shape index (κ1) is 21.1. The second-order valence-electron chi connectivity index (χ2n) is 10.8. The first-order valence-electron chi connectivity index (χ1n) is 13.4. The van der Waals surface area contributed by atoms with Crippen LogP contribution in [0.3, 0.4) is 0 Å². The Morgan fingerprint density at radius 1 is 0.743 bits per heavy atom. The molecule has 0 spiro atoms. The fourth-order valence-corrected chi connectivity index (χ4v) is 6.97. The monoisotopic (exact) mass is 463 g/mol. The molecule has 2 heterocycles. The minimum atomic E-state index is -0.147. The lowest BCUT2D eigenvalue weighted by Crippen LogP contribution is -2.30. The molecule has 0 saturated heterocycles. The lowest BCUT2D eigenvalue weighted by Gasteiger charge is -2.22. The Balaban J connectivity index is 1.49. The standard InChI is InChI=1S/C32H32FN2/c33-27-14-15-28-26(18-27)21-34-16-17-35(32(28)34)31-29(23-10-4-5-11-23)19-25(22-8-2-1-3-9-22)20-30(31)24-12-6-7-13-24/h1-3,8-9,14-20,23-24H,4-7,10-13,21H2/q+1. The predicted octanol–water partition coefficient (Wildman–Crippen LogP) is 7.91. The van der Waals surface area contributed by atoms with Gasteiger partial charge in [0.1, 0.15) is 30.4 Å². The van der Waals surface area contributed by atoms with Crippen molar-refractivity contribution >= 4 is 0 Å². The largest absolute Gasteiger partial charge is 0.294 e.